The van der Waals surface area contributed by atoms with Crippen molar-refractivity contribution in [3.63, 3.8) is 0 Å². The number of rotatable bonds is 3. The first-order valence-corrected chi connectivity index (χ1v) is 5.41. The molecule has 86 valence electrons. The van der Waals surface area contributed by atoms with Crippen LogP contribution < -0.4 is 0 Å². The summed E-state index contributed by atoms with van der Waals surface area (Å²) in [6.07, 6.45) is 2.64. The number of ketones is 1. The highest BCUT2D eigenvalue weighted by atomic mass is 19.1. The molecule has 0 aromatic heterocycles. The van der Waals surface area contributed by atoms with E-state index >= 15 is 0 Å². The van der Waals surface area contributed by atoms with E-state index in [1.54, 1.807) is 0 Å². The number of alkyl halides is 1. The van der Waals surface area contributed by atoms with E-state index < -0.39 is 11.6 Å². The van der Waals surface area contributed by atoms with Gasteiger partial charge in [-0.15, -0.1) is 0 Å². The lowest BCUT2D eigenvalue weighted by Crippen LogP contribution is -2.47. The van der Waals surface area contributed by atoms with E-state index in [1.807, 2.05) is 0 Å². The molecular formula is C11H18FNO2. The Morgan fingerprint density at radius 1 is 1.27 bits per heavy atom. The van der Waals surface area contributed by atoms with Crippen molar-refractivity contribution in [2.75, 3.05) is 13.1 Å². The lowest BCUT2D eigenvalue weighted by atomic mass is 9.98. The molecule has 1 amide bonds. The zero-order valence-corrected chi connectivity index (χ0v) is 9.38. The predicted molar refractivity (Wildman–Crippen MR) is 55.2 cm³/mol. The lowest BCUT2D eigenvalue weighted by Gasteiger charge is -2.31. The zero-order chi connectivity index (χ0) is 11.5. The van der Waals surface area contributed by atoms with Crippen molar-refractivity contribution in [2.24, 2.45) is 0 Å². The average Bonchev–Trinajstić information content (AvgIpc) is 2.16. The topological polar surface area (TPSA) is 37.4 Å². The largest absolute Gasteiger partial charge is 0.340 e. The molecule has 0 aromatic rings. The molecule has 0 N–H and O–H groups in total. The van der Waals surface area contributed by atoms with Crippen LogP contribution in [0.25, 0.3) is 0 Å². The van der Waals surface area contributed by atoms with Gasteiger partial charge in [-0.25, -0.2) is 4.39 Å². The molecule has 1 atom stereocenters. The Morgan fingerprint density at radius 2 is 1.80 bits per heavy atom. The molecule has 0 saturated carbocycles. The number of hydrogen-bond donors (Lipinski definition) is 0. The number of halogens is 1. The fourth-order valence-electron chi connectivity index (χ4n) is 1.97. The van der Waals surface area contributed by atoms with Crippen LogP contribution in [0.15, 0.2) is 0 Å². The molecule has 1 aliphatic heterocycles. The summed E-state index contributed by atoms with van der Waals surface area (Å²) in [4.78, 5) is 24.1. The molecule has 1 fully saturated rings. The third kappa shape index (κ3) is 3.29. The Labute approximate surface area is 89.6 Å². The SMILES string of the molecule is CC(=O)CC(C)(F)C(=O)N1CCCCC1. The van der Waals surface area contributed by atoms with Gasteiger partial charge < -0.3 is 4.90 Å². The maximum atomic E-state index is 13.9. The fraction of sp³-hybridized carbons (Fsp3) is 0.818. The Bertz CT molecular complexity index is 257. The Hall–Kier alpha value is -0.930. The van der Waals surface area contributed by atoms with Gasteiger partial charge in [0, 0.05) is 19.5 Å². The van der Waals surface area contributed by atoms with Crippen molar-refractivity contribution in [1.82, 2.24) is 4.90 Å². The van der Waals surface area contributed by atoms with Crippen LogP contribution in [-0.2, 0) is 9.59 Å². The van der Waals surface area contributed by atoms with Gasteiger partial charge in [0.2, 0.25) is 0 Å². The van der Waals surface area contributed by atoms with Crippen molar-refractivity contribution in [3.8, 4) is 0 Å². The molecule has 1 heterocycles. The summed E-state index contributed by atoms with van der Waals surface area (Å²) in [5.74, 6) is -0.817. The summed E-state index contributed by atoms with van der Waals surface area (Å²) in [5.41, 5.74) is -2.02. The van der Waals surface area contributed by atoms with Crippen molar-refractivity contribution < 1.29 is 14.0 Å². The molecule has 1 unspecified atom stereocenters. The molecule has 1 aliphatic rings. The monoisotopic (exact) mass is 215 g/mol. The highest BCUT2D eigenvalue weighted by molar-refractivity contribution is 5.90. The molecule has 0 spiro atoms. The number of piperidine rings is 1. The van der Waals surface area contributed by atoms with Crippen molar-refractivity contribution in [1.29, 1.82) is 0 Å². The molecule has 15 heavy (non-hydrogen) atoms. The van der Waals surface area contributed by atoms with Gasteiger partial charge in [-0.2, -0.15) is 0 Å². The van der Waals surface area contributed by atoms with Gasteiger partial charge >= 0.3 is 0 Å². The summed E-state index contributed by atoms with van der Waals surface area (Å²) < 4.78 is 13.9. The van der Waals surface area contributed by atoms with Crippen molar-refractivity contribution in [2.45, 2.75) is 45.2 Å². The van der Waals surface area contributed by atoms with Gasteiger partial charge in [0.25, 0.3) is 5.91 Å². The van der Waals surface area contributed by atoms with Crippen molar-refractivity contribution >= 4 is 11.7 Å². The van der Waals surface area contributed by atoms with E-state index in [0.717, 1.165) is 19.3 Å². The normalized spacial score (nSPS) is 20.9. The van der Waals surface area contributed by atoms with E-state index in [4.69, 9.17) is 0 Å². The van der Waals surface area contributed by atoms with Crippen LogP contribution >= 0.6 is 0 Å². The summed E-state index contributed by atoms with van der Waals surface area (Å²) in [7, 11) is 0. The smallest absolute Gasteiger partial charge is 0.260 e. The highest BCUT2D eigenvalue weighted by Crippen LogP contribution is 2.21. The van der Waals surface area contributed by atoms with Crippen LogP contribution in [0.5, 0.6) is 0 Å². The van der Waals surface area contributed by atoms with Gasteiger partial charge in [0.1, 0.15) is 5.78 Å². The standard InChI is InChI=1S/C11H18FNO2/c1-9(14)8-11(2,12)10(15)13-6-4-3-5-7-13/h3-8H2,1-2H3. The van der Waals surface area contributed by atoms with E-state index in [9.17, 15) is 14.0 Å². The Kier molecular flexibility index (Phi) is 3.83. The summed E-state index contributed by atoms with van der Waals surface area (Å²) in [6, 6.07) is 0. The van der Waals surface area contributed by atoms with Gasteiger partial charge in [-0.3, -0.25) is 9.59 Å². The first-order chi connectivity index (χ1) is 6.93. The molecule has 3 nitrogen and oxygen atoms in total. The first kappa shape index (κ1) is 12.1. The van der Waals surface area contributed by atoms with E-state index in [-0.39, 0.29) is 12.2 Å². The second-order valence-corrected chi connectivity index (χ2v) is 4.43. The number of carbonyl (C=O) groups excluding carboxylic acids is 2. The van der Waals surface area contributed by atoms with Crippen LogP contribution in [0.4, 0.5) is 4.39 Å². The van der Waals surface area contributed by atoms with Crippen LogP contribution in [-0.4, -0.2) is 35.3 Å². The number of likely N-dealkylation sites (tertiary alicyclic amines) is 1. The second-order valence-electron chi connectivity index (χ2n) is 4.43. The average molecular weight is 215 g/mol. The number of nitrogens with zero attached hydrogens (tertiary/aromatic N) is 1. The summed E-state index contributed by atoms with van der Waals surface area (Å²) in [5, 5.41) is 0. The molecule has 0 aliphatic carbocycles. The minimum atomic E-state index is -2.02. The Balaban J connectivity index is 2.60. The van der Waals surface area contributed by atoms with Crippen LogP contribution in [0.3, 0.4) is 0 Å². The minimum Gasteiger partial charge on any atom is -0.340 e. The molecule has 4 heteroatoms. The predicted octanol–water partition coefficient (Wildman–Crippen LogP) is 1.71. The molecular weight excluding hydrogens is 197 g/mol. The maximum Gasteiger partial charge on any atom is 0.260 e. The van der Waals surface area contributed by atoms with E-state index in [1.165, 1.54) is 18.7 Å². The zero-order valence-electron chi connectivity index (χ0n) is 9.38. The molecule has 0 aromatic carbocycles. The highest BCUT2D eigenvalue weighted by Gasteiger charge is 2.38. The van der Waals surface area contributed by atoms with E-state index in [2.05, 4.69) is 0 Å². The van der Waals surface area contributed by atoms with Gasteiger partial charge in [0.05, 0.1) is 0 Å². The molecule has 0 radical (unpaired) electrons. The third-order valence-electron chi connectivity index (χ3n) is 2.67. The summed E-state index contributed by atoms with van der Waals surface area (Å²) >= 11 is 0. The van der Waals surface area contributed by atoms with Gasteiger partial charge in [-0.05, 0) is 33.1 Å². The Morgan fingerprint density at radius 3 is 2.27 bits per heavy atom. The molecule has 1 rings (SSSR count). The van der Waals surface area contributed by atoms with Crippen LogP contribution in [0.2, 0.25) is 0 Å². The number of carbonyl (C=O) groups is 2. The first-order valence-electron chi connectivity index (χ1n) is 5.41. The van der Waals surface area contributed by atoms with Crippen LogP contribution in [0, 0.1) is 0 Å². The van der Waals surface area contributed by atoms with Gasteiger partial charge in [0.15, 0.2) is 5.67 Å². The minimum absolute atomic E-state index is 0.287. The number of amides is 1. The van der Waals surface area contributed by atoms with Crippen molar-refractivity contribution in [3.05, 3.63) is 0 Å². The molecule has 1 saturated heterocycles. The third-order valence-corrected chi connectivity index (χ3v) is 2.67. The quantitative estimate of drug-likeness (QED) is 0.718. The second kappa shape index (κ2) is 4.73. The van der Waals surface area contributed by atoms with Crippen LogP contribution in [0.1, 0.15) is 39.5 Å². The van der Waals surface area contributed by atoms with Gasteiger partial charge in [-0.1, -0.05) is 0 Å². The number of hydrogen-bond acceptors (Lipinski definition) is 2. The fourth-order valence-corrected chi connectivity index (χ4v) is 1.97. The molecule has 0 bridgehead atoms. The maximum absolute atomic E-state index is 13.9. The van der Waals surface area contributed by atoms with E-state index in [0.29, 0.717) is 13.1 Å². The number of Topliss-reactive ketones (excluding diaryl/α,β-unsaturated/α-hetero) is 1. The lowest BCUT2D eigenvalue weighted by molar-refractivity contribution is -0.146. The summed E-state index contributed by atoms with van der Waals surface area (Å²) in [6.45, 7) is 3.75.